The second-order valence-corrected chi connectivity index (χ2v) is 5.69. The minimum Gasteiger partial charge on any atom is -0.465 e. The average Bonchev–Trinajstić information content (AvgIpc) is 2.61. The number of thiocarbonyl (C=S) groups is 1. The first kappa shape index (κ1) is 14.2. The van der Waals surface area contributed by atoms with Crippen LogP contribution in [0, 0.1) is 12.3 Å². The summed E-state index contributed by atoms with van der Waals surface area (Å²) in [5.74, 6) is 1.95. The number of rotatable bonds is 6. The van der Waals surface area contributed by atoms with Gasteiger partial charge in [0, 0.05) is 5.41 Å². The largest absolute Gasteiger partial charge is 0.465 e. The van der Waals surface area contributed by atoms with Crippen LogP contribution in [0.1, 0.15) is 31.8 Å². The number of aryl methyl sites for hydroxylation is 1. The fourth-order valence-corrected chi connectivity index (χ4v) is 1.61. The molecule has 0 aliphatic rings. The van der Waals surface area contributed by atoms with Gasteiger partial charge in [-0.25, -0.2) is 0 Å². The molecule has 17 heavy (non-hydrogen) atoms. The molecule has 0 saturated carbocycles. The summed E-state index contributed by atoms with van der Waals surface area (Å²) in [4.78, 5) is 2.80. The summed E-state index contributed by atoms with van der Waals surface area (Å²) in [6, 6.07) is 4.01. The molecular formula is C13H22N2OS. The van der Waals surface area contributed by atoms with Crippen LogP contribution in [0.3, 0.4) is 0 Å². The van der Waals surface area contributed by atoms with Crippen molar-refractivity contribution in [2.45, 2.75) is 33.7 Å². The van der Waals surface area contributed by atoms with Crippen molar-refractivity contribution in [2.75, 3.05) is 13.6 Å². The van der Waals surface area contributed by atoms with E-state index in [2.05, 4.69) is 25.8 Å². The van der Waals surface area contributed by atoms with Crippen LogP contribution in [0.5, 0.6) is 0 Å². The molecule has 0 aliphatic carbocycles. The Kier molecular flexibility index (Phi) is 4.71. The van der Waals surface area contributed by atoms with Crippen molar-refractivity contribution in [3.63, 3.8) is 0 Å². The molecule has 1 aromatic rings. The number of furan rings is 1. The number of hydrogen-bond acceptors (Lipinski definition) is 3. The molecule has 3 nitrogen and oxygen atoms in total. The van der Waals surface area contributed by atoms with Gasteiger partial charge in [0.25, 0.3) is 0 Å². The van der Waals surface area contributed by atoms with E-state index in [0.717, 1.165) is 31.0 Å². The fraction of sp³-hybridized carbons (Fsp3) is 0.615. The molecule has 0 unspecified atom stereocenters. The van der Waals surface area contributed by atoms with Gasteiger partial charge in [0.1, 0.15) is 11.5 Å². The van der Waals surface area contributed by atoms with E-state index in [1.54, 1.807) is 0 Å². The summed E-state index contributed by atoms with van der Waals surface area (Å²) in [5.41, 5.74) is 5.63. The first-order valence-corrected chi connectivity index (χ1v) is 6.26. The predicted molar refractivity (Wildman–Crippen MR) is 75.0 cm³/mol. The number of nitrogens with two attached hydrogens (primary N) is 1. The topological polar surface area (TPSA) is 42.4 Å². The van der Waals surface area contributed by atoms with Gasteiger partial charge in [-0.05, 0) is 39.1 Å². The molecule has 0 aliphatic heterocycles. The Morgan fingerprint density at radius 2 is 2.12 bits per heavy atom. The SMILES string of the molecule is Cc1ccc(CN(C)CCC(C)(C)C(N)=S)o1. The van der Waals surface area contributed by atoms with Crippen LogP contribution in [0.4, 0.5) is 0 Å². The Bertz CT molecular complexity index is 385. The van der Waals surface area contributed by atoms with Gasteiger partial charge in [-0.1, -0.05) is 26.1 Å². The summed E-state index contributed by atoms with van der Waals surface area (Å²) in [7, 11) is 2.08. The highest BCUT2D eigenvalue weighted by Crippen LogP contribution is 2.21. The fourth-order valence-electron chi connectivity index (χ4n) is 1.51. The quantitative estimate of drug-likeness (QED) is 0.793. The molecule has 1 rings (SSSR count). The van der Waals surface area contributed by atoms with E-state index in [-0.39, 0.29) is 5.41 Å². The smallest absolute Gasteiger partial charge is 0.118 e. The highest BCUT2D eigenvalue weighted by atomic mass is 32.1. The summed E-state index contributed by atoms with van der Waals surface area (Å²) < 4.78 is 5.54. The molecule has 0 spiro atoms. The zero-order chi connectivity index (χ0) is 13.1. The number of nitrogens with zero attached hydrogens (tertiary/aromatic N) is 1. The summed E-state index contributed by atoms with van der Waals surface area (Å²) in [6.07, 6.45) is 0.957. The Labute approximate surface area is 109 Å². The van der Waals surface area contributed by atoms with Crippen LogP contribution in [0.2, 0.25) is 0 Å². The lowest BCUT2D eigenvalue weighted by Gasteiger charge is -2.26. The maximum Gasteiger partial charge on any atom is 0.118 e. The van der Waals surface area contributed by atoms with Crippen molar-refractivity contribution in [2.24, 2.45) is 11.1 Å². The Hall–Kier alpha value is -0.870. The maximum absolute atomic E-state index is 5.71. The van der Waals surface area contributed by atoms with Gasteiger partial charge in [-0.15, -0.1) is 0 Å². The predicted octanol–water partition coefficient (Wildman–Crippen LogP) is 2.72. The maximum atomic E-state index is 5.71. The molecule has 0 bridgehead atoms. The Morgan fingerprint density at radius 1 is 1.47 bits per heavy atom. The third-order valence-electron chi connectivity index (χ3n) is 3.01. The lowest BCUT2D eigenvalue weighted by Crippen LogP contribution is -2.33. The average molecular weight is 254 g/mol. The second-order valence-electron chi connectivity index (χ2n) is 5.25. The molecule has 0 saturated heterocycles. The van der Waals surface area contributed by atoms with E-state index in [1.807, 2.05) is 19.1 Å². The molecule has 0 aromatic carbocycles. The van der Waals surface area contributed by atoms with Crippen molar-refractivity contribution < 1.29 is 4.42 Å². The van der Waals surface area contributed by atoms with Crippen molar-refractivity contribution in [1.82, 2.24) is 4.90 Å². The third kappa shape index (κ3) is 4.48. The van der Waals surface area contributed by atoms with E-state index in [4.69, 9.17) is 22.4 Å². The van der Waals surface area contributed by atoms with E-state index >= 15 is 0 Å². The molecule has 2 N–H and O–H groups in total. The minimum absolute atomic E-state index is 0.0807. The molecule has 1 heterocycles. The standard InChI is InChI=1S/C13H22N2OS/c1-10-5-6-11(16-10)9-15(4)8-7-13(2,3)12(14)17/h5-6H,7-9H2,1-4H3,(H2,14,17). The molecule has 0 fully saturated rings. The van der Waals surface area contributed by atoms with Crippen LogP contribution in [0.25, 0.3) is 0 Å². The third-order valence-corrected chi connectivity index (χ3v) is 3.56. The van der Waals surface area contributed by atoms with E-state index in [0.29, 0.717) is 4.99 Å². The van der Waals surface area contributed by atoms with Gasteiger partial charge in [0.05, 0.1) is 11.5 Å². The Balaban J connectivity index is 2.40. The van der Waals surface area contributed by atoms with Crippen molar-refractivity contribution in [1.29, 1.82) is 0 Å². The van der Waals surface area contributed by atoms with Crippen molar-refractivity contribution in [3.05, 3.63) is 23.7 Å². The molecule has 0 atom stereocenters. The van der Waals surface area contributed by atoms with Crippen molar-refractivity contribution in [3.8, 4) is 0 Å². The van der Waals surface area contributed by atoms with E-state index in [9.17, 15) is 0 Å². The van der Waals surface area contributed by atoms with Gasteiger partial charge in [-0.2, -0.15) is 0 Å². The van der Waals surface area contributed by atoms with Crippen LogP contribution in [-0.2, 0) is 6.54 Å². The lowest BCUT2D eigenvalue weighted by atomic mass is 9.89. The molecule has 4 heteroatoms. The molecule has 0 radical (unpaired) electrons. The van der Waals surface area contributed by atoms with Gasteiger partial charge in [-0.3, -0.25) is 4.90 Å². The molecule has 96 valence electrons. The van der Waals surface area contributed by atoms with Crippen LogP contribution < -0.4 is 5.73 Å². The molecule has 1 aromatic heterocycles. The highest BCUT2D eigenvalue weighted by molar-refractivity contribution is 7.80. The summed E-state index contributed by atoms with van der Waals surface area (Å²) >= 11 is 5.06. The van der Waals surface area contributed by atoms with Crippen LogP contribution >= 0.6 is 12.2 Å². The summed E-state index contributed by atoms with van der Waals surface area (Å²) in [5, 5.41) is 0. The number of hydrogen-bond donors (Lipinski definition) is 1. The normalized spacial score (nSPS) is 12.1. The van der Waals surface area contributed by atoms with Crippen LogP contribution in [-0.4, -0.2) is 23.5 Å². The lowest BCUT2D eigenvalue weighted by molar-refractivity contribution is 0.263. The minimum atomic E-state index is -0.0807. The molecular weight excluding hydrogens is 232 g/mol. The second kappa shape index (κ2) is 5.65. The van der Waals surface area contributed by atoms with Gasteiger partial charge < -0.3 is 10.2 Å². The van der Waals surface area contributed by atoms with E-state index < -0.39 is 0 Å². The van der Waals surface area contributed by atoms with E-state index in [1.165, 1.54) is 0 Å². The van der Waals surface area contributed by atoms with Gasteiger partial charge >= 0.3 is 0 Å². The zero-order valence-corrected chi connectivity index (χ0v) is 11.9. The monoisotopic (exact) mass is 254 g/mol. The zero-order valence-electron chi connectivity index (χ0n) is 11.1. The van der Waals surface area contributed by atoms with Gasteiger partial charge in [0.2, 0.25) is 0 Å². The van der Waals surface area contributed by atoms with Crippen molar-refractivity contribution >= 4 is 17.2 Å². The first-order valence-electron chi connectivity index (χ1n) is 5.85. The van der Waals surface area contributed by atoms with Crippen LogP contribution in [0.15, 0.2) is 16.5 Å². The Morgan fingerprint density at radius 3 is 2.59 bits per heavy atom. The highest BCUT2D eigenvalue weighted by Gasteiger charge is 2.21. The first-order chi connectivity index (χ1) is 7.81. The summed E-state index contributed by atoms with van der Waals surface area (Å²) in [6.45, 7) is 7.89. The van der Waals surface area contributed by atoms with Gasteiger partial charge in [0.15, 0.2) is 0 Å². The molecule has 0 amide bonds.